The number of ether oxygens (including phenoxy) is 1. The van der Waals surface area contributed by atoms with E-state index in [0.717, 1.165) is 29.5 Å². The molecule has 2 aromatic heterocycles. The topological polar surface area (TPSA) is 100 Å². The van der Waals surface area contributed by atoms with Crippen LogP contribution in [0.1, 0.15) is 17.7 Å². The van der Waals surface area contributed by atoms with Crippen molar-refractivity contribution in [2.45, 2.75) is 19.8 Å². The summed E-state index contributed by atoms with van der Waals surface area (Å²) in [6, 6.07) is 3.11. The second-order valence-electron chi connectivity index (χ2n) is 7.26. The molecular formula is C21H21F2N5O3S. The third kappa shape index (κ3) is 5.00. The number of thiazole rings is 1. The Morgan fingerprint density at radius 1 is 1.28 bits per heavy atom. The molecule has 11 heteroatoms. The molecule has 0 spiro atoms. The Morgan fingerprint density at radius 3 is 2.81 bits per heavy atom. The smallest absolute Gasteiger partial charge is 0.255 e. The van der Waals surface area contributed by atoms with Crippen molar-refractivity contribution < 1.29 is 18.3 Å². The van der Waals surface area contributed by atoms with Gasteiger partial charge in [-0.05, 0) is 31.5 Å². The predicted octanol–water partition coefficient (Wildman–Crippen LogP) is 2.89. The van der Waals surface area contributed by atoms with Gasteiger partial charge in [0.25, 0.3) is 5.56 Å². The Morgan fingerprint density at radius 2 is 2.06 bits per heavy atom. The van der Waals surface area contributed by atoms with E-state index in [1.807, 2.05) is 4.90 Å². The van der Waals surface area contributed by atoms with Gasteiger partial charge in [-0.1, -0.05) is 0 Å². The van der Waals surface area contributed by atoms with Crippen LogP contribution in [0, 0.1) is 18.6 Å². The summed E-state index contributed by atoms with van der Waals surface area (Å²) in [7, 11) is 0. The van der Waals surface area contributed by atoms with Crippen molar-refractivity contribution >= 4 is 28.3 Å². The molecule has 1 amide bonds. The molecule has 32 heavy (non-hydrogen) atoms. The fourth-order valence-electron chi connectivity index (χ4n) is 3.38. The van der Waals surface area contributed by atoms with Crippen LogP contribution in [0.15, 0.2) is 28.4 Å². The van der Waals surface area contributed by atoms with Crippen LogP contribution in [0.2, 0.25) is 0 Å². The quantitative estimate of drug-likeness (QED) is 0.586. The maximum Gasteiger partial charge on any atom is 0.255 e. The summed E-state index contributed by atoms with van der Waals surface area (Å²) in [6.45, 7) is 4.20. The molecule has 0 radical (unpaired) electrons. The summed E-state index contributed by atoms with van der Waals surface area (Å²) in [5, 5.41) is 4.44. The number of hydrogen-bond acceptors (Lipinski definition) is 7. The molecule has 1 fully saturated rings. The Balaban J connectivity index is 1.39. The molecule has 1 saturated heterocycles. The maximum absolute atomic E-state index is 13.9. The molecule has 0 saturated carbocycles. The van der Waals surface area contributed by atoms with E-state index in [1.54, 1.807) is 6.92 Å². The zero-order valence-corrected chi connectivity index (χ0v) is 18.1. The number of aryl methyl sites for hydroxylation is 1. The Kier molecular flexibility index (Phi) is 6.56. The van der Waals surface area contributed by atoms with Crippen LogP contribution in [0.25, 0.3) is 11.3 Å². The highest BCUT2D eigenvalue weighted by Gasteiger charge is 2.17. The van der Waals surface area contributed by atoms with E-state index in [-0.39, 0.29) is 40.7 Å². The molecule has 4 rings (SSSR count). The van der Waals surface area contributed by atoms with Gasteiger partial charge >= 0.3 is 0 Å². The van der Waals surface area contributed by atoms with E-state index in [9.17, 15) is 18.4 Å². The minimum Gasteiger partial charge on any atom is -0.378 e. The van der Waals surface area contributed by atoms with Crippen LogP contribution in [0.3, 0.4) is 0 Å². The first-order chi connectivity index (χ1) is 15.4. The van der Waals surface area contributed by atoms with E-state index in [0.29, 0.717) is 43.5 Å². The maximum atomic E-state index is 13.9. The number of hydrogen-bond donors (Lipinski definition) is 2. The fraction of sp³-hybridized carbons (Fsp3) is 0.333. The van der Waals surface area contributed by atoms with Gasteiger partial charge in [-0.15, -0.1) is 11.3 Å². The zero-order chi connectivity index (χ0) is 22.7. The van der Waals surface area contributed by atoms with Gasteiger partial charge in [0.2, 0.25) is 11.9 Å². The summed E-state index contributed by atoms with van der Waals surface area (Å²) in [4.78, 5) is 38.3. The number of rotatable bonds is 6. The average molecular weight is 461 g/mol. The number of carbonyl (C=O) groups is 1. The van der Waals surface area contributed by atoms with Crippen molar-refractivity contribution in [3.8, 4) is 11.3 Å². The molecule has 0 aliphatic carbocycles. The molecule has 8 nitrogen and oxygen atoms in total. The van der Waals surface area contributed by atoms with E-state index < -0.39 is 11.6 Å². The monoisotopic (exact) mass is 461 g/mol. The number of amides is 1. The molecule has 3 aromatic rings. The van der Waals surface area contributed by atoms with Gasteiger partial charge in [0, 0.05) is 41.7 Å². The summed E-state index contributed by atoms with van der Waals surface area (Å²) in [5.41, 5.74) is 0.998. The third-order valence-electron chi connectivity index (χ3n) is 5.08. The molecule has 3 heterocycles. The Bertz CT molecular complexity index is 1190. The number of aromatic amines is 1. The third-order valence-corrected chi connectivity index (χ3v) is 5.84. The molecule has 2 N–H and O–H groups in total. The molecular weight excluding hydrogens is 440 g/mol. The number of benzene rings is 1. The number of carbonyl (C=O) groups excluding carboxylic acids is 1. The molecule has 1 aliphatic heterocycles. The summed E-state index contributed by atoms with van der Waals surface area (Å²) >= 11 is 1.10. The summed E-state index contributed by atoms with van der Waals surface area (Å²) in [5.74, 6) is -1.02. The highest BCUT2D eigenvalue weighted by molar-refractivity contribution is 7.14. The van der Waals surface area contributed by atoms with Crippen molar-refractivity contribution in [1.82, 2.24) is 15.0 Å². The molecule has 0 bridgehead atoms. The normalized spacial score (nSPS) is 13.9. The van der Waals surface area contributed by atoms with Gasteiger partial charge in [-0.3, -0.25) is 14.6 Å². The first kappa shape index (κ1) is 22.0. The highest BCUT2D eigenvalue weighted by atomic mass is 32.1. The lowest BCUT2D eigenvalue weighted by Gasteiger charge is -2.27. The fourth-order valence-corrected chi connectivity index (χ4v) is 4.11. The van der Waals surface area contributed by atoms with Crippen LogP contribution in [0.5, 0.6) is 0 Å². The van der Waals surface area contributed by atoms with Crippen molar-refractivity contribution in [2.75, 3.05) is 36.5 Å². The van der Waals surface area contributed by atoms with Crippen molar-refractivity contribution in [1.29, 1.82) is 0 Å². The Hall–Kier alpha value is -3.18. The standard InChI is InChI=1S/C21H21F2N5O3S/c1-12-14(19(30)27-20(24-12)28-6-8-31-9-7-28)3-5-18(29)26-21-25-17(11-32-21)15-10-13(22)2-4-16(15)23/h2,4,10-11H,3,5-9H2,1H3,(H,24,27,30)(H,25,26,29). The highest BCUT2D eigenvalue weighted by Crippen LogP contribution is 2.27. The van der Waals surface area contributed by atoms with Gasteiger partial charge < -0.3 is 15.0 Å². The van der Waals surface area contributed by atoms with Gasteiger partial charge in [0.1, 0.15) is 11.6 Å². The van der Waals surface area contributed by atoms with E-state index >= 15 is 0 Å². The van der Waals surface area contributed by atoms with Crippen molar-refractivity contribution in [3.05, 3.63) is 56.8 Å². The summed E-state index contributed by atoms with van der Waals surface area (Å²) < 4.78 is 32.6. The first-order valence-electron chi connectivity index (χ1n) is 10.0. The number of morpholine rings is 1. The number of nitrogens with zero attached hydrogens (tertiary/aromatic N) is 3. The van der Waals surface area contributed by atoms with Gasteiger partial charge in [0.05, 0.1) is 18.9 Å². The Labute approximate surface area is 186 Å². The summed E-state index contributed by atoms with van der Waals surface area (Å²) in [6.07, 6.45) is 0.256. The number of nitrogens with one attached hydrogen (secondary N) is 2. The number of H-pyrrole nitrogens is 1. The lowest BCUT2D eigenvalue weighted by molar-refractivity contribution is -0.116. The first-order valence-corrected chi connectivity index (χ1v) is 10.9. The lowest BCUT2D eigenvalue weighted by atomic mass is 10.1. The predicted molar refractivity (Wildman–Crippen MR) is 117 cm³/mol. The second kappa shape index (κ2) is 9.53. The molecule has 0 atom stereocenters. The lowest BCUT2D eigenvalue weighted by Crippen LogP contribution is -2.38. The van der Waals surface area contributed by atoms with Crippen LogP contribution in [-0.2, 0) is 16.0 Å². The minimum absolute atomic E-state index is 0.0235. The van der Waals surface area contributed by atoms with E-state index in [1.165, 1.54) is 5.38 Å². The van der Waals surface area contributed by atoms with Crippen LogP contribution in [-0.4, -0.2) is 47.2 Å². The minimum atomic E-state index is -0.600. The van der Waals surface area contributed by atoms with E-state index in [2.05, 4.69) is 20.3 Å². The van der Waals surface area contributed by atoms with Gasteiger partial charge in [0.15, 0.2) is 5.13 Å². The van der Waals surface area contributed by atoms with Crippen LogP contribution < -0.4 is 15.8 Å². The van der Waals surface area contributed by atoms with Gasteiger partial charge in [-0.25, -0.2) is 18.7 Å². The van der Waals surface area contributed by atoms with Crippen LogP contribution >= 0.6 is 11.3 Å². The molecule has 1 aromatic carbocycles. The second-order valence-corrected chi connectivity index (χ2v) is 8.12. The van der Waals surface area contributed by atoms with Crippen LogP contribution in [0.4, 0.5) is 19.9 Å². The van der Waals surface area contributed by atoms with Gasteiger partial charge in [-0.2, -0.15) is 0 Å². The van der Waals surface area contributed by atoms with Crippen molar-refractivity contribution in [3.63, 3.8) is 0 Å². The molecule has 168 valence electrons. The average Bonchev–Trinajstić information content (AvgIpc) is 3.23. The molecule has 0 unspecified atom stereocenters. The number of anilines is 2. The number of halogens is 2. The molecule has 1 aliphatic rings. The number of aromatic nitrogens is 3. The van der Waals surface area contributed by atoms with Crippen molar-refractivity contribution in [2.24, 2.45) is 0 Å². The largest absolute Gasteiger partial charge is 0.378 e. The van der Waals surface area contributed by atoms with E-state index in [4.69, 9.17) is 4.74 Å². The SMILES string of the molecule is Cc1nc(N2CCOCC2)[nH]c(=O)c1CCC(=O)Nc1nc(-c2cc(F)ccc2F)cs1. The zero-order valence-electron chi connectivity index (χ0n) is 17.3.